The molecule has 8 nitrogen and oxygen atoms in total. The summed E-state index contributed by atoms with van der Waals surface area (Å²) < 4.78 is 7.44. The Morgan fingerprint density at radius 3 is 2.71 bits per heavy atom. The first kappa shape index (κ1) is 20.9. The third kappa shape index (κ3) is 3.65. The van der Waals surface area contributed by atoms with E-state index in [0.717, 1.165) is 60.1 Å². The fourth-order valence-corrected chi connectivity index (χ4v) is 4.73. The van der Waals surface area contributed by atoms with Gasteiger partial charge in [0.25, 0.3) is 0 Å². The Kier molecular flexibility index (Phi) is 4.93. The van der Waals surface area contributed by atoms with Gasteiger partial charge in [-0.15, -0.1) is 0 Å². The smallest absolute Gasteiger partial charge is 0.180 e. The largest absolute Gasteiger partial charge is 0.386 e. The SMILES string of the molecule is CC1(C)Nc2cc(-c3cn4ccnc4c(Nc4ccc(N5CCOCC5)cc4)n3)ccc2[C@@H]1O. The van der Waals surface area contributed by atoms with Crippen molar-refractivity contribution in [2.75, 3.05) is 41.8 Å². The van der Waals surface area contributed by atoms with Gasteiger partial charge in [-0.2, -0.15) is 0 Å². The first-order valence-electron chi connectivity index (χ1n) is 11.6. The van der Waals surface area contributed by atoms with E-state index in [0.29, 0.717) is 5.82 Å². The molecule has 2 aromatic carbocycles. The molecule has 2 aliphatic rings. The van der Waals surface area contributed by atoms with E-state index < -0.39 is 11.6 Å². The highest BCUT2D eigenvalue weighted by Gasteiger charge is 2.37. The Balaban J connectivity index is 1.31. The van der Waals surface area contributed by atoms with Gasteiger partial charge in [-0.05, 0) is 44.2 Å². The Bertz CT molecular complexity index is 1340. The normalized spacial score (nSPS) is 19.1. The van der Waals surface area contributed by atoms with Crippen LogP contribution in [0, 0.1) is 0 Å². The first-order chi connectivity index (χ1) is 16.5. The number of hydrogen-bond donors (Lipinski definition) is 3. The van der Waals surface area contributed by atoms with Crippen LogP contribution in [0.3, 0.4) is 0 Å². The van der Waals surface area contributed by atoms with Crippen molar-refractivity contribution in [2.24, 2.45) is 0 Å². The Morgan fingerprint density at radius 2 is 1.91 bits per heavy atom. The van der Waals surface area contributed by atoms with Crippen LogP contribution in [0.15, 0.2) is 61.1 Å². The summed E-state index contributed by atoms with van der Waals surface area (Å²) in [5, 5.41) is 17.5. The molecule has 0 amide bonds. The van der Waals surface area contributed by atoms with Crippen LogP contribution in [0.2, 0.25) is 0 Å². The van der Waals surface area contributed by atoms with E-state index in [2.05, 4.69) is 50.8 Å². The number of aliphatic hydroxyl groups is 1. The lowest BCUT2D eigenvalue weighted by Crippen LogP contribution is -2.36. The second-order valence-electron chi connectivity index (χ2n) is 9.46. The van der Waals surface area contributed by atoms with E-state index in [1.165, 1.54) is 5.69 Å². The number of rotatable bonds is 4. The van der Waals surface area contributed by atoms with Gasteiger partial charge in [-0.3, -0.25) is 0 Å². The van der Waals surface area contributed by atoms with Crippen LogP contribution in [0.5, 0.6) is 0 Å². The molecule has 0 aliphatic carbocycles. The molecule has 8 heteroatoms. The van der Waals surface area contributed by atoms with Gasteiger partial charge >= 0.3 is 0 Å². The monoisotopic (exact) mass is 456 g/mol. The minimum Gasteiger partial charge on any atom is -0.386 e. The summed E-state index contributed by atoms with van der Waals surface area (Å²) in [6.45, 7) is 7.36. The predicted molar refractivity (Wildman–Crippen MR) is 134 cm³/mol. The molecule has 2 aromatic heterocycles. The molecule has 0 saturated carbocycles. The summed E-state index contributed by atoms with van der Waals surface area (Å²) in [4.78, 5) is 11.8. The summed E-state index contributed by atoms with van der Waals surface area (Å²) in [5.74, 6) is 0.690. The maximum absolute atomic E-state index is 10.6. The lowest BCUT2D eigenvalue weighted by atomic mass is 9.96. The topological polar surface area (TPSA) is 87.0 Å². The van der Waals surface area contributed by atoms with Crippen LogP contribution < -0.4 is 15.5 Å². The number of nitrogens with one attached hydrogen (secondary N) is 2. The molecule has 4 heterocycles. The van der Waals surface area contributed by atoms with Crippen molar-refractivity contribution in [2.45, 2.75) is 25.5 Å². The van der Waals surface area contributed by atoms with Crippen molar-refractivity contribution in [3.05, 3.63) is 66.6 Å². The molecule has 0 bridgehead atoms. The number of anilines is 4. The average molecular weight is 457 g/mol. The van der Waals surface area contributed by atoms with Crippen molar-refractivity contribution in [3.8, 4) is 11.3 Å². The summed E-state index contributed by atoms with van der Waals surface area (Å²) in [6.07, 6.45) is 5.13. The highest BCUT2D eigenvalue weighted by molar-refractivity contribution is 5.76. The zero-order valence-corrected chi connectivity index (χ0v) is 19.3. The molecule has 0 unspecified atom stereocenters. The maximum atomic E-state index is 10.6. The number of hydrogen-bond acceptors (Lipinski definition) is 7. The van der Waals surface area contributed by atoms with Gasteiger partial charge in [0.2, 0.25) is 0 Å². The number of aliphatic hydroxyl groups excluding tert-OH is 1. The molecule has 1 fully saturated rings. The van der Waals surface area contributed by atoms with Crippen LogP contribution in [-0.4, -0.2) is 51.3 Å². The minimum absolute atomic E-state index is 0.400. The molecule has 3 N–H and O–H groups in total. The Labute approximate surface area is 198 Å². The lowest BCUT2D eigenvalue weighted by Gasteiger charge is -2.28. The van der Waals surface area contributed by atoms with Gasteiger partial charge < -0.3 is 29.8 Å². The van der Waals surface area contributed by atoms with Gasteiger partial charge in [0.05, 0.1) is 24.4 Å². The van der Waals surface area contributed by atoms with Crippen LogP contribution in [0.1, 0.15) is 25.5 Å². The zero-order chi connectivity index (χ0) is 23.3. The number of morpholine rings is 1. The Morgan fingerprint density at radius 1 is 1.12 bits per heavy atom. The number of aromatic nitrogens is 3. The number of nitrogens with zero attached hydrogens (tertiary/aromatic N) is 4. The van der Waals surface area contributed by atoms with E-state index >= 15 is 0 Å². The summed E-state index contributed by atoms with van der Waals surface area (Å²) >= 11 is 0. The zero-order valence-electron chi connectivity index (χ0n) is 19.3. The van der Waals surface area contributed by atoms with Gasteiger partial charge in [0, 0.05) is 59.9 Å². The molecule has 6 rings (SSSR count). The number of fused-ring (bicyclic) bond motifs is 2. The lowest BCUT2D eigenvalue weighted by molar-refractivity contribution is 0.122. The van der Waals surface area contributed by atoms with E-state index in [4.69, 9.17) is 9.72 Å². The van der Waals surface area contributed by atoms with Gasteiger partial charge in [0.15, 0.2) is 11.5 Å². The van der Waals surface area contributed by atoms with E-state index in [-0.39, 0.29) is 0 Å². The second kappa shape index (κ2) is 8.00. The quantitative estimate of drug-likeness (QED) is 0.424. The summed E-state index contributed by atoms with van der Waals surface area (Å²) in [7, 11) is 0. The molecule has 0 spiro atoms. The highest BCUT2D eigenvalue weighted by atomic mass is 16.5. The molecule has 0 radical (unpaired) electrons. The van der Waals surface area contributed by atoms with E-state index in [1.807, 2.05) is 42.8 Å². The molecular weight excluding hydrogens is 428 g/mol. The second-order valence-corrected chi connectivity index (χ2v) is 9.46. The van der Waals surface area contributed by atoms with Crippen molar-refractivity contribution in [1.29, 1.82) is 0 Å². The van der Waals surface area contributed by atoms with Crippen molar-refractivity contribution < 1.29 is 9.84 Å². The van der Waals surface area contributed by atoms with Gasteiger partial charge in [-0.1, -0.05) is 12.1 Å². The third-order valence-electron chi connectivity index (χ3n) is 6.66. The Hall–Kier alpha value is -3.62. The molecule has 2 aliphatic heterocycles. The van der Waals surface area contributed by atoms with E-state index in [1.54, 1.807) is 6.20 Å². The van der Waals surface area contributed by atoms with Crippen LogP contribution in [0.4, 0.5) is 22.9 Å². The molecule has 1 saturated heterocycles. The molecule has 4 aromatic rings. The third-order valence-corrected chi connectivity index (χ3v) is 6.66. The van der Waals surface area contributed by atoms with Crippen LogP contribution in [-0.2, 0) is 4.74 Å². The fraction of sp³-hybridized carbons (Fsp3) is 0.308. The average Bonchev–Trinajstić information content (AvgIpc) is 3.42. The predicted octanol–water partition coefficient (Wildman–Crippen LogP) is 4.21. The van der Waals surface area contributed by atoms with Crippen LogP contribution in [0.25, 0.3) is 16.9 Å². The van der Waals surface area contributed by atoms with Crippen molar-refractivity contribution in [1.82, 2.24) is 14.4 Å². The van der Waals surface area contributed by atoms with Crippen molar-refractivity contribution in [3.63, 3.8) is 0 Å². The van der Waals surface area contributed by atoms with Crippen LogP contribution >= 0.6 is 0 Å². The molecule has 34 heavy (non-hydrogen) atoms. The number of imidazole rings is 1. The van der Waals surface area contributed by atoms with Crippen molar-refractivity contribution >= 4 is 28.5 Å². The molecular formula is C26H28N6O2. The number of benzene rings is 2. The standard InChI is InChI=1S/C26H28N6O2/c1-26(2)23(33)20-8-3-17(15-21(20)30-26)22-16-32-10-9-27-25(32)24(29-22)28-18-4-6-19(7-5-18)31-11-13-34-14-12-31/h3-10,15-16,23,30,33H,11-14H2,1-2H3,(H,28,29)/t23-/m0/s1. The summed E-state index contributed by atoms with van der Waals surface area (Å²) in [5.41, 5.74) is 6.15. The number of ether oxygens (including phenoxy) is 1. The summed E-state index contributed by atoms with van der Waals surface area (Å²) in [6, 6.07) is 14.4. The van der Waals surface area contributed by atoms with Gasteiger partial charge in [0.1, 0.15) is 6.10 Å². The van der Waals surface area contributed by atoms with Gasteiger partial charge in [-0.25, -0.2) is 9.97 Å². The highest BCUT2D eigenvalue weighted by Crippen LogP contribution is 2.42. The minimum atomic E-state index is -0.543. The molecule has 174 valence electrons. The first-order valence-corrected chi connectivity index (χ1v) is 11.6. The van der Waals surface area contributed by atoms with E-state index in [9.17, 15) is 5.11 Å². The maximum Gasteiger partial charge on any atom is 0.180 e. The fourth-order valence-electron chi connectivity index (χ4n) is 4.73. The molecule has 1 atom stereocenters.